The molecule has 2 heteroatoms. The quantitative estimate of drug-likeness (QED) is 0.114. The molecule has 0 aliphatic heterocycles. The first-order valence-corrected chi connectivity index (χ1v) is 37.5. The number of rotatable bonds is 13. The summed E-state index contributed by atoms with van der Waals surface area (Å²) in [5.41, 5.74) is 31.5. The van der Waals surface area contributed by atoms with Crippen LogP contribution in [0.1, 0.15) is 47.2 Å². The molecule has 0 saturated carbocycles. The maximum atomic E-state index is 2.44. The zero-order chi connectivity index (χ0) is 72.1. The van der Waals surface area contributed by atoms with Crippen LogP contribution < -0.4 is 9.80 Å². The smallest absolute Gasteiger partial charge is 0.0714 e. The molecule has 0 aromatic heterocycles. The molecule has 0 atom stereocenters. The van der Waals surface area contributed by atoms with Crippen LogP contribution in [0.15, 0.2) is 425 Å². The lowest BCUT2D eigenvalue weighted by molar-refractivity contribution is 0.660. The summed E-state index contributed by atoms with van der Waals surface area (Å²) in [7, 11) is 0. The SMILES string of the molecule is CC1(C)c2ccccc2-c2ccc(N(c3ccc(-c4cc5ccccc5cc4-c4ccccc4)cc3)c3ccc(-c4cccc5ccccc45)cc3)cc21.c1ccc(-c2cc3ccccc3cc2-c2ccc(N(c3ccccc3)c3ccc4c(c3)C(c3ccccc3)(c3ccccc3)c3ccccc3-4)cc2)cc1. The van der Waals surface area contributed by atoms with E-state index in [9.17, 15) is 0 Å². The molecule has 18 aromatic rings. The molecule has 2 aliphatic rings. The highest BCUT2D eigenvalue weighted by atomic mass is 15.1. The van der Waals surface area contributed by atoms with E-state index < -0.39 is 5.41 Å². The molecule has 0 amide bonds. The van der Waals surface area contributed by atoms with Gasteiger partial charge >= 0.3 is 0 Å². The van der Waals surface area contributed by atoms with Gasteiger partial charge in [-0.15, -0.1) is 0 Å². The van der Waals surface area contributed by atoms with Crippen molar-refractivity contribution in [2.75, 3.05) is 9.80 Å². The van der Waals surface area contributed by atoms with Crippen LogP contribution in [-0.4, -0.2) is 0 Å². The van der Waals surface area contributed by atoms with Crippen molar-refractivity contribution in [1.82, 2.24) is 0 Å². The maximum absolute atomic E-state index is 2.44. The molecule has 0 saturated heterocycles. The van der Waals surface area contributed by atoms with Crippen LogP contribution in [-0.2, 0) is 10.8 Å². The fraction of sp³-hybridized carbons (Fsp3) is 0.0377. The van der Waals surface area contributed by atoms with Crippen molar-refractivity contribution in [3.05, 3.63) is 458 Å². The Bertz CT molecular complexity index is 6300. The van der Waals surface area contributed by atoms with Gasteiger partial charge in [-0.1, -0.05) is 341 Å². The molecule has 0 fully saturated rings. The molecule has 0 radical (unpaired) electrons. The van der Waals surface area contributed by atoms with Gasteiger partial charge in [0.25, 0.3) is 0 Å². The van der Waals surface area contributed by atoms with E-state index in [1.807, 2.05) is 0 Å². The highest BCUT2D eigenvalue weighted by Gasteiger charge is 2.46. The Balaban J connectivity index is 0.000000147. The minimum atomic E-state index is -0.472. The molecular formula is C106H76N2. The average Bonchev–Trinajstić information content (AvgIpc) is 1.53. The zero-order valence-electron chi connectivity index (χ0n) is 60.3. The van der Waals surface area contributed by atoms with Gasteiger partial charge in [0.05, 0.1) is 5.41 Å². The second kappa shape index (κ2) is 27.4. The first-order chi connectivity index (χ1) is 53.3. The van der Waals surface area contributed by atoms with E-state index in [-0.39, 0.29) is 5.41 Å². The lowest BCUT2D eigenvalue weighted by atomic mass is 9.67. The van der Waals surface area contributed by atoms with Gasteiger partial charge in [0.15, 0.2) is 0 Å². The number of hydrogen-bond acceptors (Lipinski definition) is 2. The number of nitrogens with zero attached hydrogens (tertiary/aromatic N) is 2. The third-order valence-corrected chi connectivity index (χ3v) is 22.6. The highest BCUT2D eigenvalue weighted by Crippen LogP contribution is 2.58. The van der Waals surface area contributed by atoms with Crippen LogP contribution >= 0.6 is 0 Å². The van der Waals surface area contributed by atoms with Crippen LogP contribution in [0.2, 0.25) is 0 Å². The second-order valence-corrected chi connectivity index (χ2v) is 29.1. The van der Waals surface area contributed by atoms with Crippen molar-refractivity contribution in [2.45, 2.75) is 24.7 Å². The summed E-state index contributed by atoms with van der Waals surface area (Å²) >= 11 is 0. The minimum Gasteiger partial charge on any atom is -0.310 e. The van der Waals surface area contributed by atoms with Gasteiger partial charge in [-0.2, -0.15) is 0 Å². The first-order valence-electron chi connectivity index (χ1n) is 37.5. The van der Waals surface area contributed by atoms with Gasteiger partial charge in [0, 0.05) is 39.5 Å². The standard InChI is InChI=1S/C53H37N.C53H39N/c1-5-17-38(18-6-1)49-35-40-19-13-14-20-41(40)36-50(49)39-29-31-45(32-30-39)54(44-25-11-4-12-26-44)46-33-34-48-47-27-15-16-28-51(47)53(52(48)37-46,42-21-7-2-8-22-42)43-23-9-3-10-24-43;1-53(2)51-22-11-10-20-47(51)48-32-31-44(35-52(48)53)54(42-27-23-38(24-28-42)46-21-12-18-36-15-8-9-19-45(36)46)43-29-25-39(26-30-43)50-34-41-17-7-6-16-40(41)33-49(50)37-13-4-3-5-14-37/h1-37H;3-35H,1-2H3. The zero-order valence-corrected chi connectivity index (χ0v) is 60.3. The van der Waals surface area contributed by atoms with Crippen molar-refractivity contribution in [3.63, 3.8) is 0 Å². The molecule has 0 bridgehead atoms. The fourth-order valence-electron chi connectivity index (χ4n) is 17.4. The lowest BCUT2D eigenvalue weighted by Gasteiger charge is -2.35. The van der Waals surface area contributed by atoms with Crippen molar-refractivity contribution in [3.8, 4) is 77.9 Å². The van der Waals surface area contributed by atoms with Crippen LogP contribution in [0.4, 0.5) is 34.1 Å². The summed E-state index contributed by atoms with van der Waals surface area (Å²) in [4.78, 5) is 4.81. The van der Waals surface area contributed by atoms with E-state index >= 15 is 0 Å². The third-order valence-electron chi connectivity index (χ3n) is 22.6. The topological polar surface area (TPSA) is 6.48 Å². The molecule has 0 heterocycles. The summed E-state index contributed by atoms with van der Waals surface area (Å²) in [6.07, 6.45) is 0. The van der Waals surface area contributed by atoms with Gasteiger partial charge in [-0.05, 0) is 241 Å². The molecular weight excluding hydrogens is 1300 g/mol. The van der Waals surface area contributed by atoms with Gasteiger partial charge in [0.2, 0.25) is 0 Å². The Morgan fingerprint density at radius 2 is 0.472 bits per heavy atom. The van der Waals surface area contributed by atoms with Gasteiger partial charge < -0.3 is 9.80 Å². The van der Waals surface area contributed by atoms with Crippen molar-refractivity contribution in [2.24, 2.45) is 0 Å². The summed E-state index contributed by atoms with van der Waals surface area (Å²) in [6, 6.07) is 155. The van der Waals surface area contributed by atoms with Crippen molar-refractivity contribution >= 4 is 66.4 Å². The van der Waals surface area contributed by atoms with E-state index in [4.69, 9.17) is 0 Å². The predicted octanol–water partition coefficient (Wildman–Crippen LogP) is 28.8. The normalized spacial score (nSPS) is 12.7. The Kier molecular flexibility index (Phi) is 16.5. The molecule has 2 aliphatic carbocycles. The van der Waals surface area contributed by atoms with E-state index in [0.717, 1.165) is 34.1 Å². The Morgan fingerprint density at radius 3 is 0.935 bits per heavy atom. The summed E-state index contributed by atoms with van der Waals surface area (Å²) in [5, 5.41) is 7.49. The average molecular weight is 1380 g/mol. The number of anilines is 6. The number of hydrogen-bond donors (Lipinski definition) is 0. The monoisotopic (exact) mass is 1380 g/mol. The molecule has 0 unspecified atom stereocenters. The summed E-state index contributed by atoms with van der Waals surface area (Å²) in [5.74, 6) is 0. The molecule has 0 spiro atoms. The van der Waals surface area contributed by atoms with Crippen LogP contribution in [0.5, 0.6) is 0 Å². The number of para-hydroxylation sites is 1. The Hall–Kier alpha value is -13.7. The van der Waals surface area contributed by atoms with Crippen LogP contribution in [0.25, 0.3) is 110 Å². The van der Waals surface area contributed by atoms with Crippen molar-refractivity contribution in [1.29, 1.82) is 0 Å². The van der Waals surface area contributed by atoms with Crippen molar-refractivity contribution < 1.29 is 0 Å². The number of fused-ring (bicyclic) bond motifs is 9. The van der Waals surface area contributed by atoms with E-state index in [1.54, 1.807) is 0 Å². The molecule has 2 nitrogen and oxygen atoms in total. The minimum absolute atomic E-state index is 0.0976. The Morgan fingerprint density at radius 1 is 0.176 bits per heavy atom. The molecule has 510 valence electrons. The molecule has 20 rings (SSSR count). The molecule has 0 N–H and O–H groups in total. The third kappa shape index (κ3) is 11.5. The van der Waals surface area contributed by atoms with E-state index in [2.05, 4.69) is 448 Å². The lowest BCUT2D eigenvalue weighted by Crippen LogP contribution is -2.28. The first kappa shape index (κ1) is 65.1. The van der Waals surface area contributed by atoms with Gasteiger partial charge in [0.1, 0.15) is 0 Å². The number of benzene rings is 18. The molecule has 18 aromatic carbocycles. The van der Waals surface area contributed by atoms with E-state index in [0.29, 0.717) is 0 Å². The fourth-order valence-corrected chi connectivity index (χ4v) is 17.4. The van der Waals surface area contributed by atoms with Gasteiger partial charge in [-0.3, -0.25) is 0 Å². The summed E-state index contributed by atoms with van der Waals surface area (Å²) < 4.78 is 0. The summed E-state index contributed by atoms with van der Waals surface area (Å²) in [6.45, 7) is 4.71. The highest BCUT2D eigenvalue weighted by molar-refractivity contribution is 6.01. The maximum Gasteiger partial charge on any atom is 0.0714 e. The Labute approximate surface area is 632 Å². The van der Waals surface area contributed by atoms with Crippen LogP contribution in [0, 0.1) is 0 Å². The predicted molar refractivity (Wildman–Crippen MR) is 457 cm³/mol. The second-order valence-electron chi connectivity index (χ2n) is 29.1. The van der Waals surface area contributed by atoms with Gasteiger partial charge in [-0.25, -0.2) is 0 Å². The van der Waals surface area contributed by atoms with Crippen LogP contribution in [0.3, 0.4) is 0 Å². The largest absolute Gasteiger partial charge is 0.310 e. The molecule has 108 heavy (non-hydrogen) atoms. The van der Waals surface area contributed by atoms with E-state index in [1.165, 1.54) is 144 Å².